The van der Waals surface area contributed by atoms with Crippen LogP contribution < -0.4 is 4.74 Å². The summed E-state index contributed by atoms with van der Waals surface area (Å²) in [6, 6.07) is 9.03. The van der Waals surface area contributed by atoms with E-state index in [1.54, 1.807) is 6.20 Å². The average molecular weight is 549 g/mol. The van der Waals surface area contributed by atoms with Crippen molar-refractivity contribution < 1.29 is 23.0 Å². The number of aromatic nitrogens is 4. The van der Waals surface area contributed by atoms with Gasteiger partial charge in [0.25, 0.3) is 0 Å². The summed E-state index contributed by atoms with van der Waals surface area (Å²) in [6.07, 6.45) is 9.15. The predicted octanol–water partition coefficient (Wildman–Crippen LogP) is 6.26. The Labute approximate surface area is 232 Å². The molecule has 1 N–H and O–H groups in total. The van der Waals surface area contributed by atoms with Crippen molar-refractivity contribution in [2.75, 3.05) is 19.8 Å². The number of Topliss-reactive ketones (excluding diaryl/α,β-unsaturated/α-hetero) is 1. The van der Waals surface area contributed by atoms with Gasteiger partial charge in [-0.25, -0.2) is 23.7 Å². The number of benzene rings is 1. The first kappa shape index (κ1) is 27.8. The van der Waals surface area contributed by atoms with Crippen molar-refractivity contribution in [3.63, 3.8) is 0 Å². The molecule has 3 aromatic heterocycles. The summed E-state index contributed by atoms with van der Waals surface area (Å²) in [7, 11) is 0. The number of nitrogens with zero attached hydrogens (tertiary/aromatic N) is 3. The second-order valence-corrected chi connectivity index (χ2v) is 10.5. The van der Waals surface area contributed by atoms with Gasteiger partial charge < -0.3 is 14.5 Å². The lowest BCUT2D eigenvalue weighted by Gasteiger charge is -2.28. The lowest BCUT2D eigenvalue weighted by atomic mass is 9.77. The van der Waals surface area contributed by atoms with E-state index in [0.29, 0.717) is 67.2 Å². The van der Waals surface area contributed by atoms with Crippen LogP contribution in [0.4, 0.5) is 8.78 Å². The highest BCUT2D eigenvalue weighted by molar-refractivity contribution is 5.91. The zero-order valence-electron chi connectivity index (χ0n) is 22.7. The zero-order valence-corrected chi connectivity index (χ0v) is 22.7. The molecule has 2 atom stereocenters. The highest BCUT2D eigenvalue weighted by atomic mass is 19.1. The molecule has 0 amide bonds. The van der Waals surface area contributed by atoms with Gasteiger partial charge in [0.1, 0.15) is 29.6 Å². The van der Waals surface area contributed by atoms with Gasteiger partial charge in [-0.15, -0.1) is 0 Å². The van der Waals surface area contributed by atoms with Crippen LogP contribution in [0.2, 0.25) is 0 Å². The zero-order chi connectivity index (χ0) is 27.9. The fraction of sp³-hybridized carbons (Fsp3) is 0.419. The van der Waals surface area contributed by atoms with Crippen LogP contribution in [0, 0.1) is 23.5 Å². The summed E-state index contributed by atoms with van der Waals surface area (Å²) in [5.74, 6) is 0.862. The van der Waals surface area contributed by atoms with Crippen LogP contribution in [0.15, 0.2) is 48.9 Å². The maximum atomic E-state index is 14.8. The van der Waals surface area contributed by atoms with Crippen LogP contribution in [-0.2, 0) is 22.4 Å². The number of ketones is 1. The molecule has 1 aromatic carbocycles. The molecule has 1 saturated carbocycles. The molecular weight excluding hydrogens is 514 g/mol. The highest BCUT2D eigenvalue weighted by Crippen LogP contribution is 2.34. The van der Waals surface area contributed by atoms with Crippen molar-refractivity contribution in [2.45, 2.75) is 51.9 Å². The number of halogens is 2. The second kappa shape index (κ2) is 13.1. The molecule has 7 nitrogen and oxygen atoms in total. The van der Waals surface area contributed by atoms with Gasteiger partial charge in [0, 0.05) is 36.6 Å². The third-order valence-corrected chi connectivity index (χ3v) is 7.45. The number of H-pyrrole nitrogens is 1. The van der Waals surface area contributed by atoms with Crippen molar-refractivity contribution in [1.29, 1.82) is 0 Å². The molecule has 0 saturated heterocycles. The van der Waals surface area contributed by atoms with Gasteiger partial charge >= 0.3 is 0 Å². The average Bonchev–Trinajstić information content (AvgIpc) is 3.36. The normalized spacial score (nSPS) is 17.3. The molecule has 5 rings (SSSR count). The number of carbonyl (C=O) groups is 1. The minimum absolute atomic E-state index is 0.202. The predicted molar refractivity (Wildman–Crippen MR) is 148 cm³/mol. The molecule has 0 spiro atoms. The van der Waals surface area contributed by atoms with E-state index < -0.39 is 11.6 Å². The monoisotopic (exact) mass is 548 g/mol. The maximum absolute atomic E-state index is 14.8. The molecule has 1 fully saturated rings. The third-order valence-electron chi connectivity index (χ3n) is 7.45. The van der Waals surface area contributed by atoms with E-state index in [0.717, 1.165) is 43.2 Å². The Morgan fingerprint density at radius 2 is 1.98 bits per heavy atom. The molecule has 40 heavy (non-hydrogen) atoms. The van der Waals surface area contributed by atoms with Gasteiger partial charge in [-0.1, -0.05) is 31.4 Å². The minimum Gasteiger partial charge on any atom is -0.491 e. The van der Waals surface area contributed by atoms with Gasteiger partial charge in [-0.2, -0.15) is 0 Å². The fourth-order valence-electron chi connectivity index (χ4n) is 5.61. The number of nitrogens with one attached hydrogen (secondary N) is 1. The van der Waals surface area contributed by atoms with E-state index in [4.69, 9.17) is 9.47 Å². The number of ether oxygens (including phenoxy) is 2. The summed E-state index contributed by atoms with van der Waals surface area (Å²) in [6.45, 7) is 3.60. The van der Waals surface area contributed by atoms with Crippen molar-refractivity contribution in [3.05, 3.63) is 71.8 Å². The molecule has 0 bridgehead atoms. The molecule has 9 heteroatoms. The first-order valence-corrected chi connectivity index (χ1v) is 13.9. The Morgan fingerprint density at radius 3 is 2.85 bits per heavy atom. The van der Waals surface area contributed by atoms with Crippen LogP contribution in [0.3, 0.4) is 0 Å². The molecule has 210 valence electrons. The summed E-state index contributed by atoms with van der Waals surface area (Å²) >= 11 is 0. The van der Waals surface area contributed by atoms with E-state index >= 15 is 0 Å². The van der Waals surface area contributed by atoms with Gasteiger partial charge in [0.05, 0.1) is 24.7 Å². The minimum atomic E-state index is -0.461. The van der Waals surface area contributed by atoms with Gasteiger partial charge in [-0.05, 0) is 55.4 Å². The smallest absolute Gasteiger partial charge is 0.163 e. The molecule has 0 radical (unpaired) electrons. The van der Waals surface area contributed by atoms with Crippen molar-refractivity contribution >= 4 is 16.8 Å². The number of fused-ring (bicyclic) bond motifs is 1. The molecule has 4 aromatic rings. The van der Waals surface area contributed by atoms with E-state index in [9.17, 15) is 13.6 Å². The number of hydrogen-bond donors (Lipinski definition) is 1. The van der Waals surface area contributed by atoms with Crippen molar-refractivity contribution in [3.8, 4) is 17.1 Å². The number of aromatic amines is 1. The van der Waals surface area contributed by atoms with Crippen LogP contribution >= 0.6 is 0 Å². The Balaban J connectivity index is 1.18. The lowest BCUT2D eigenvalue weighted by molar-refractivity contribution is -0.119. The summed E-state index contributed by atoms with van der Waals surface area (Å²) < 4.78 is 39.6. The number of hydrogen-bond acceptors (Lipinski definition) is 6. The second-order valence-electron chi connectivity index (χ2n) is 10.5. The fourth-order valence-corrected chi connectivity index (χ4v) is 5.61. The Bertz CT molecular complexity index is 1460. The van der Waals surface area contributed by atoms with E-state index in [1.807, 2.05) is 31.2 Å². The van der Waals surface area contributed by atoms with E-state index in [1.165, 1.54) is 12.3 Å². The quantitative estimate of drug-likeness (QED) is 0.210. The number of rotatable bonds is 12. The Morgan fingerprint density at radius 1 is 1.10 bits per heavy atom. The van der Waals surface area contributed by atoms with Crippen LogP contribution in [-0.4, -0.2) is 45.5 Å². The maximum Gasteiger partial charge on any atom is 0.163 e. The number of pyridine rings is 1. The van der Waals surface area contributed by atoms with E-state index in [-0.39, 0.29) is 17.6 Å². The molecule has 0 unspecified atom stereocenters. The lowest BCUT2D eigenvalue weighted by Crippen LogP contribution is -2.21. The molecule has 1 aliphatic rings. The van der Waals surface area contributed by atoms with Crippen LogP contribution in [0.1, 0.15) is 50.3 Å². The molecular formula is C31H34F2N4O3. The largest absolute Gasteiger partial charge is 0.491 e. The first-order chi connectivity index (χ1) is 19.5. The summed E-state index contributed by atoms with van der Waals surface area (Å²) in [5, 5.41) is 0.552. The standard InChI is InChI=1S/C31H34F2N4O3/c1-2-39-9-10-40-25-8-4-7-22(14-25)13-24(38)12-20-5-3-6-21(11-20)15-29-28(33)19-36-31(37-29)27-18-35-30-26(27)16-23(32)17-34-30/h4,7-8,14,16-21H,2-3,5-6,9-13,15H2,1H3,(H,34,35)/t20-,21+/m1/s1. The number of carbonyl (C=O) groups excluding carboxylic acids is 1. The topological polar surface area (TPSA) is 90.0 Å². The van der Waals surface area contributed by atoms with Crippen molar-refractivity contribution in [1.82, 2.24) is 19.9 Å². The highest BCUT2D eigenvalue weighted by Gasteiger charge is 2.26. The van der Waals surface area contributed by atoms with E-state index in [2.05, 4.69) is 19.9 Å². The first-order valence-electron chi connectivity index (χ1n) is 13.9. The summed E-state index contributed by atoms with van der Waals surface area (Å²) in [5.41, 5.74) is 2.39. The van der Waals surface area contributed by atoms with Gasteiger partial charge in [0.2, 0.25) is 0 Å². The Hall–Kier alpha value is -3.72. The third kappa shape index (κ3) is 7.07. The van der Waals surface area contributed by atoms with Crippen LogP contribution in [0.25, 0.3) is 22.4 Å². The van der Waals surface area contributed by atoms with Gasteiger partial charge in [-0.3, -0.25) is 4.79 Å². The molecule has 3 heterocycles. The summed E-state index contributed by atoms with van der Waals surface area (Å²) in [4.78, 5) is 28.7. The molecule has 0 aliphatic heterocycles. The van der Waals surface area contributed by atoms with Gasteiger partial charge in [0.15, 0.2) is 11.6 Å². The van der Waals surface area contributed by atoms with Crippen molar-refractivity contribution in [2.24, 2.45) is 11.8 Å². The van der Waals surface area contributed by atoms with Crippen LogP contribution in [0.5, 0.6) is 5.75 Å². The Kier molecular flexibility index (Phi) is 9.11. The molecule has 1 aliphatic carbocycles. The SMILES string of the molecule is CCOCCOc1cccc(CC(=O)C[C@@H]2CCC[C@H](Cc3nc(-c4c[nH]c5ncc(F)cc45)ncc3F)C2)c1.